The van der Waals surface area contributed by atoms with Gasteiger partial charge in [0.05, 0.1) is 13.2 Å². The number of aromatic amines is 1. The first-order chi connectivity index (χ1) is 11.5. The van der Waals surface area contributed by atoms with Crippen molar-refractivity contribution in [3.63, 3.8) is 0 Å². The molecule has 2 aromatic rings. The number of anilines is 1. The number of carbonyl (C=O) groups is 2. The summed E-state index contributed by atoms with van der Waals surface area (Å²) in [5.74, 6) is 0.943. The number of benzene rings is 1. The van der Waals surface area contributed by atoms with Gasteiger partial charge in [0.15, 0.2) is 17.3 Å². The summed E-state index contributed by atoms with van der Waals surface area (Å²) in [6, 6.07) is 5.29. The van der Waals surface area contributed by atoms with Crippen LogP contribution in [-0.4, -0.2) is 29.9 Å². The fourth-order valence-corrected chi connectivity index (χ4v) is 2.94. The summed E-state index contributed by atoms with van der Waals surface area (Å²) < 4.78 is 11.2. The highest BCUT2D eigenvalue weighted by molar-refractivity contribution is 6.07. The normalized spacial score (nSPS) is 13.3. The van der Waals surface area contributed by atoms with Crippen LogP contribution in [0.2, 0.25) is 0 Å². The number of hydrogen-bond acceptors (Lipinski definition) is 4. The van der Waals surface area contributed by atoms with E-state index in [4.69, 9.17) is 9.47 Å². The van der Waals surface area contributed by atoms with Crippen molar-refractivity contribution >= 4 is 17.4 Å². The van der Waals surface area contributed by atoms with Gasteiger partial charge >= 0.3 is 0 Å². The fourth-order valence-electron chi connectivity index (χ4n) is 2.94. The molecule has 1 aliphatic rings. The van der Waals surface area contributed by atoms with E-state index in [0.29, 0.717) is 52.9 Å². The maximum Gasteiger partial charge on any atom is 0.272 e. The average molecular weight is 328 g/mol. The Morgan fingerprint density at radius 3 is 2.50 bits per heavy atom. The number of fused-ring (bicyclic) bond motifs is 1. The molecule has 2 N–H and O–H groups in total. The Morgan fingerprint density at radius 1 is 1.12 bits per heavy atom. The van der Waals surface area contributed by atoms with Gasteiger partial charge in [0.25, 0.3) is 5.91 Å². The number of hydrogen-bond donors (Lipinski definition) is 2. The molecule has 2 heterocycles. The topological polar surface area (TPSA) is 80.4 Å². The number of nitrogens with one attached hydrogen (secondary N) is 2. The molecule has 24 heavy (non-hydrogen) atoms. The first-order valence-corrected chi connectivity index (χ1v) is 7.88. The predicted molar refractivity (Wildman–Crippen MR) is 90.3 cm³/mol. The van der Waals surface area contributed by atoms with Crippen molar-refractivity contribution in [1.82, 2.24) is 4.98 Å². The molecule has 1 aromatic heterocycles. The number of H-pyrrole nitrogens is 1. The molecule has 6 nitrogen and oxygen atoms in total. The molecule has 1 aromatic carbocycles. The Kier molecular flexibility index (Phi) is 4.29. The zero-order chi connectivity index (χ0) is 17.3. The molecule has 3 rings (SSSR count). The van der Waals surface area contributed by atoms with Crippen LogP contribution in [0.1, 0.15) is 45.4 Å². The summed E-state index contributed by atoms with van der Waals surface area (Å²) in [5.41, 5.74) is 2.93. The van der Waals surface area contributed by atoms with Crippen LogP contribution < -0.4 is 14.8 Å². The molecule has 0 radical (unpaired) electrons. The smallest absolute Gasteiger partial charge is 0.272 e. The zero-order valence-electron chi connectivity index (χ0n) is 14.0. The summed E-state index contributed by atoms with van der Waals surface area (Å²) in [7, 11) is 0. The number of ketones is 1. The second kappa shape index (κ2) is 6.39. The quantitative estimate of drug-likeness (QED) is 0.848. The number of amides is 1. The molecular weight excluding hydrogens is 308 g/mol. The third-order valence-corrected chi connectivity index (χ3v) is 4.02. The summed E-state index contributed by atoms with van der Waals surface area (Å²) in [6.07, 6.45) is 0.825. The van der Waals surface area contributed by atoms with E-state index in [2.05, 4.69) is 10.3 Å². The maximum absolute atomic E-state index is 12.5. The van der Waals surface area contributed by atoms with Gasteiger partial charge in [0.1, 0.15) is 5.69 Å². The number of ether oxygens (including phenoxy) is 2. The molecule has 0 unspecified atom stereocenters. The molecular formula is C18H20N2O4. The van der Waals surface area contributed by atoms with Crippen LogP contribution in [0.3, 0.4) is 0 Å². The van der Waals surface area contributed by atoms with Gasteiger partial charge in [0, 0.05) is 29.4 Å². The Morgan fingerprint density at radius 2 is 1.83 bits per heavy atom. The van der Waals surface area contributed by atoms with Gasteiger partial charge in [0.2, 0.25) is 0 Å². The van der Waals surface area contributed by atoms with E-state index in [9.17, 15) is 9.59 Å². The lowest BCUT2D eigenvalue weighted by molar-refractivity contribution is 0.101. The van der Waals surface area contributed by atoms with E-state index in [-0.39, 0.29) is 11.7 Å². The number of aryl methyl sites for hydroxylation is 1. The minimum atomic E-state index is -0.294. The van der Waals surface area contributed by atoms with E-state index in [0.717, 1.165) is 6.42 Å². The number of rotatable bonds is 3. The maximum atomic E-state index is 12.5. The molecule has 0 saturated heterocycles. The van der Waals surface area contributed by atoms with Gasteiger partial charge in [-0.2, -0.15) is 0 Å². The molecule has 0 saturated carbocycles. The second-order valence-corrected chi connectivity index (χ2v) is 5.85. The molecule has 0 spiro atoms. The predicted octanol–water partition coefficient (Wildman–Crippen LogP) is 3.25. The Labute approximate surface area is 140 Å². The molecule has 0 bridgehead atoms. The zero-order valence-corrected chi connectivity index (χ0v) is 14.0. The molecule has 6 heteroatoms. The highest BCUT2D eigenvalue weighted by atomic mass is 16.5. The summed E-state index contributed by atoms with van der Waals surface area (Å²) in [4.78, 5) is 27.2. The van der Waals surface area contributed by atoms with Crippen LogP contribution in [0.15, 0.2) is 18.2 Å². The lowest BCUT2D eigenvalue weighted by atomic mass is 10.1. The van der Waals surface area contributed by atoms with Crippen LogP contribution in [-0.2, 0) is 0 Å². The van der Waals surface area contributed by atoms with Gasteiger partial charge < -0.3 is 19.8 Å². The number of carbonyl (C=O) groups excluding carboxylic acids is 2. The van der Waals surface area contributed by atoms with Crippen LogP contribution in [0.4, 0.5) is 5.69 Å². The van der Waals surface area contributed by atoms with Gasteiger partial charge in [-0.25, -0.2) is 0 Å². The largest absolute Gasteiger partial charge is 0.490 e. The van der Waals surface area contributed by atoms with E-state index in [1.54, 1.807) is 32.0 Å². The van der Waals surface area contributed by atoms with Crippen molar-refractivity contribution in [2.75, 3.05) is 18.5 Å². The summed E-state index contributed by atoms with van der Waals surface area (Å²) >= 11 is 0. The van der Waals surface area contributed by atoms with Crippen molar-refractivity contribution in [3.8, 4) is 11.5 Å². The molecule has 1 aliphatic heterocycles. The van der Waals surface area contributed by atoms with Gasteiger partial charge in [-0.3, -0.25) is 9.59 Å². The first-order valence-electron chi connectivity index (χ1n) is 7.88. The standard InChI is InChI=1S/C18H20N2O4/c1-10-16(12(3)21)11(2)19-17(10)18(22)20-13-5-6-14-15(9-13)24-8-4-7-23-14/h5-6,9,19H,4,7-8H2,1-3H3,(H,20,22). The van der Waals surface area contributed by atoms with Gasteiger partial charge in [-0.1, -0.05) is 0 Å². The number of Topliss-reactive ketones (excluding diaryl/α,β-unsaturated/α-hetero) is 1. The van der Waals surface area contributed by atoms with Crippen molar-refractivity contribution in [2.24, 2.45) is 0 Å². The van der Waals surface area contributed by atoms with Crippen LogP contribution in [0.5, 0.6) is 11.5 Å². The highest BCUT2D eigenvalue weighted by Gasteiger charge is 2.20. The Balaban J connectivity index is 1.84. The molecule has 0 aliphatic carbocycles. The number of aromatic nitrogens is 1. The lowest BCUT2D eigenvalue weighted by Crippen LogP contribution is -2.14. The minimum Gasteiger partial charge on any atom is -0.490 e. The van der Waals surface area contributed by atoms with E-state index >= 15 is 0 Å². The van der Waals surface area contributed by atoms with Crippen LogP contribution in [0, 0.1) is 13.8 Å². The molecule has 0 atom stereocenters. The van der Waals surface area contributed by atoms with Gasteiger partial charge in [-0.05, 0) is 38.5 Å². The van der Waals surface area contributed by atoms with Crippen LogP contribution >= 0.6 is 0 Å². The van der Waals surface area contributed by atoms with E-state index < -0.39 is 0 Å². The first kappa shape index (κ1) is 16.1. The molecule has 0 fully saturated rings. The van der Waals surface area contributed by atoms with Crippen molar-refractivity contribution in [3.05, 3.63) is 40.7 Å². The summed E-state index contributed by atoms with van der Waals surface area (Å²) in [6.45, 7) is 6.25. The SMILES string of the molecule is CC(=O)c1c(C)[nH]c(C(=O)Nc2ccc3c(c2)OCCCO3)c1C. The second-order valence-electron chi connectivity index (χ2n) is 5.85. The van der Waals surface area contributed by atoms with Gasteiger partial charge in [-0.15, -0.1) is 0 Å². The average Bonchev–Trinajstić information content (AvgIpc) is 2.70. The minimum absolute atomic E-state index is 0.0594. The van der Waals surface area contributed by atoms with Crippen molar-refractivity contribution in [1.29, 1.82) is 0 Å². The monoisotopic (exact) mass is 328 g/mol. The van der Waals surface area contributed by atoms with Crippen molar-refractivity contribution in [2.45, 2.75) is 27.2 Å². The Hall–Kier alpha value is -2.76. The van der Waals surface area contributed by atoms with Crippen LogP contribution in [0.25, 0.3) is 0 Å². The van der Waals surface area contributed by atoms with Crippen molar-refractivity contribution < 1.29 is 19.1 Å². The Bertz CT molecular complexity index is 808. The fraction of sp³-hybridized carbons (Fsp3) is 0.333. The lowest BCUT2D eigenvalue weighted by Gasteiger charge is -2.10. The molecule has 1 amide bonds. The highest BCUT2D eigenvalue weighted by Crippen LogP contribution is 2.32. The third kappa shape index (κ3) is 2.99. The van der Waals surface area contributed by atoms with E-state index in [1.807, 2.05) is 0 Å². The molecule has 126 valence electrons. The summed E-state index contributed by atoms with van der Waals surface area (Å²) in [5, 5.41) is 2.83. The third-order valence-electron chi connectivity index (χ3n) is 4.02. The van der Waals surface area contributed by atoms with E-state index in [1.165, 1.54) is 6.92 Å².